The van der Waals surface area contributed by atoms with Gasteiger partial charge in [0.2, 0.25) is 0 Å². The van der Waals surface area contributed by atoms with E-state index in [9.17, 15) is 9.59 Å². The second kappa shape index (κ2) is 8.36. The maximum absolute atomic E-state index is 13.1. The molecular formula is C24H22ClNO5. The van der Waals surface area contributed by atoms with Crippen molar-refractivity contribution in [3.05, 3.63) is 63.7 Å². The van der Waals surface area contributed by atoms with Gasteiger partial charge in [0.05, 0.1) is 18.7 Å². The van der Waals surface area contributed by atoms with Crippen molar-refractivity contribution in [3.63, 3.8) is 0 Å². The molecule has 1 atom stereocenters. The number of ketones is 1. The minimum absolute atomic E-state index is 0.0647. The molecular weight excluding hydrogens is 418 g/mol. The molecule has 1 unspecified atom stereocenters. The van der Waals surface area contributed by atoms with E-state index < -0.39 is 0 Å². The van der Waals surface area contributed by atoms with E-state index in [1.54, 1.807) is 17.0 Å². The second-order valence-electron chi connectivity index (χ2n) is 7.90. The highest BCUT2D eigenvalue weighted by Crippen LogP contribution is 2.31. The summed E-state index contributed by atoms with van der Waals surface area (Å²) in [7, 11) is 0. The van der Waals surface area contributed by atoms with E-state index in [1.807, 2.05) is 30.3 Å². The third kappa shape index (κ3) is 4.05. The van der Waals surface area contributed by atoms with E-state index >= 15 is 0 Å². The Balaban J connectivity index is 1.24. The van der Waals surface area contributed by atoms with Gasteiger partial charge in [0.25, 0.3) is 5.91 Å². The number of morpholine rings is 1. The maximum atomic E-state index is 13.1. The Bertz CT molecular complexity index is 1080. The fourth-order valence-corrected chi connectivity index (χ4v) is 4.44. The number of carbonyl (C=O) groups excluding carboxylic acids is 2. The van der Waals surface area contributed by atoms with Crippen LogP contribution in [0.25, 0.3) is 6.08 Å². The summed E-state index contributed by atoms with van der Waals surface area (Å²) in [5.41, 5.74) is 3.13. The Kier molecular flexibility index (Phi) is 5.42. The zero-order valence-corrected chi connectivity index (χ0v) is 17.7. The van der Waals surface area contributed by atoms with Crippen LogP contribution in [0.3, 0.4) is 0 Å². The number of benzene rings is 2. The van der Waals surface area contributed by atoms with Crippen molar-refractivity contribution >= 4 is 29.4 Å². The molecule has 0 N–H and O–H groups in total. The molecule has 0 spiro atoms. The Hall–Kier alpha value is -2.83. The predicted molar refractivity (Wildman–Crippen MR) is 116 cm³/mol. The molecule has 5 rings (SSSR count). The van der Waals surface area contributed by atoms with E-state index in [1.165, 1.54) is 0 Å². The molecule has 1 saturated heterocycles. The van der Waals surface area contributed by atoms with Gasteiger partial charge in [-0.3, -0.25) is 9.59 Å². The predicted octanol–water partition coefficient (Wildman–Crippen LogP) is 3.55. The molecule has 2 aliphatic heterocycles. The molecule has 0 bridgehead atoms. The number of Topliss-reactive ketones (excluding diaryl/α,β-unsaturated/α-hetero) is 1. The van der Waals surface area contributed by atoms with Gasteiger partial charge in [0.1, 0.15) is 30.8 Å². The summed E-state index contributed by atoms with van der Waals surface area (Å²) >= 11 is 6.07. The molecule has 31 heavy (non-hydrogen) atoms. The van der Waals surface area contributed by atoms with Crippen LogP contribution in [0, 0.1) is 0 Å². The van der Waals surface area contributed by atoms with Crippen LogP contribution in [0.2, 0.25) is 5.02 Å². The van der Waals surface area contributed by atoms with E-state index in [-0.39, 0.29) is 24.4 Å². The largest absolute Gasteiger partial charge is 0.491 e. The summed E-state index contributed by atoms with van der Waals surface area (Å²) in [5, 5.41) is 0.602. The van der Waals surface area contributed by atoms with E-state index in [4.69, 9.17) is 25.8 Å². The third-order valence-corrected chi connectivity index (χ3v) is 6.08. The average molecular weight is 440 g/mol. The van der Waals surface area contributed by atoms with Crippen molar-refractivity contribution in [2.24, 2.45) is 0 Å². The van der Waals surface area contributed by atoms with Crippen LogP contribution in [-0.2, 0) is 16.0 Å². The monoisotopic (exact) mass is 439 g/mol. The standard InChI is InChI=1S/C24H22ClNO5/c25-17-4-7-22-15(11-17)10-16(13-30-22)24(28)26-8-9-29-18(12-26)14-31-23-3-1-2-19-20(23)5-6-21(19)27/h1-4,7,10-11,18H,5-6,8-9,12-14H2. The summed E-state index contributed by atoms with van der Waals surface area (Å²) in [5.74, 6) is 1.55. The molecule has 1 amide bonds. The molecule has 2 heterocycles. The molecule has 6 nitrogen and oxygen atoms in total. The number of nitrogens with zero attached hydrogens (tertiary/aromatic N) is 1. The van der Waals surface area contributed by atoms with Gasteiger partial charge in [-0.2, -0.15) is 0 Å². The van der Waals surface area contributed by atoms with Crippen LogP contribution < -0.4 is 9.47 Å². The lowest BCUT2D eigenvalue weighted by molar-refractivity contribution is -0.136. The lowest BCUT2D eigenvalue weighted by Gasteiger charge is -2.34. The van der Waals surface area contributed by atoms with Crippen LogP contribution in [0.4, 0.5) is 0 Å². The van der Waals surface area contributed by atoms with Gasteiger partial charge in [-0.1, -0.05) is 23.7 Å². The second-order valence-corrected chi connectivity index (χ2v) is 8.34. The van der Waals surface area contributed by atoms with Crippen molar-refractivity contribution in [2.75, 3.05) is 32.9 Å². The van der Waals surface area contributed by atoms with Gasteiger partial charge in [-0.15, -0.1) is 0 Å². The molecule has 2 aromatic rings. The summed E-state index contributed by atoms with van der Waals surface area (Å²) in [6, 6.07) is 10.9. The normalized spacial score (nSPS) is 19.9. The first kappa shape index (κ1) is 20.1. The van der Waals surface area contributed by atoms with E-state index in [0.29, 0.717) is 49.7 Å². The van der Waals surface area contributed by atoms with Crippen LogP contribution in [0.1, 0.15) is 27.9 Å². The number of halogens is 1. The number of carbonyl (C=O) groups is 2. The number of fused-ring (bicyclic) bond motifs is 2. The lowest BCUT2D eigenvalue weighted by atomic mass is 10.1. The fourth-order valence-electron chi connectivity index (χ4n) is 4.26. The minimum atomic E-state index is -0.238. The summed E-state index contributed by atoms with van der Waals surface area (Å²) in [6.07, 6.45) is 2.85. The van der Waals surface area contributed by atoms with Gasteiger partial charge in [0, 0.05) is 34.7 Å². The third-order valence-electron chi connectivity index (χ3n) is 5.85. The molecule has 3 aliphatic rings. The molecule has 0 radical (unpaired) electrons. The zero-order chi connectivity index (χ0) is 21.4. The van der Waals surface area contributed by atoms with Crippen LogP contribution in [-0.4, -0.2) is 55.6 Å². The highest BCUT2D eigenvalue weighted by atomic mass is 35.5. The minimum Gasteiger partial charge on any atom is -0.491 e. The molecule has 1 fully saturated rings. The smallest absolute Gasteiger partial charge is 0.253 e. The van der Waals surface area contributed by atoms with Crippen molar-refractivity contribution in [3.8, 4) is 11.5 Å². The number of ether oxygens (including phenoxy) is 3. The van der Waals surface area contributed by atoms with Gasteiger partial charge in [0.15, 0.2) is 5.78 Å². The summed E-state index contributed by atoms with van der Waals surface area (Å²) in [6.45, 7) is 1.96. The van der Waals surface area contributed by atoms with Gasteiger partial charge >= 0.3 is 0 Å². The van der Waals surface area contributed by atoms with Gasteiger partial charge < -0.3 is 19.1 Å². The first-order valence-corrected chi connectivity index (χ1v) is 10.8. The van der Waals surface area contributed by atoms with Crippen molar-refractivity contribution in [1.29, 1.82) is 0 Å². The Morgan fingerprint density at radius 2 is 2.13 bits per heavy atom. The Morgan fingerprint density at radius 1 is 1.23 bits per heavy atom. The number of rotatable bonds is 4. The first-order chi connectivity index (χ1) is 15.1. The Labute approximate surface area is 185 Å². The maximum Gasteiger partial charge on any atom is 0.253 e. The van der Waals surface area contributed by atoms with Crippen LogP contribution in [0.5, 0.6) is 11.5 Å². The average Bonchev–Trinajstić information content (AvgIpc) is 3.18. The summed E-state index contributed by atoms with van der Waals surface area (Å²) in [4.78, 5) is 26.8. The highest BCUT2D eigenvalue weighted by molar-refractivity contribution is 6.30. The van der Waals surface area contributed by atoms with Gasteiger partial charge in [-0.25, -0.2) is 0 Å². The fraction of sp³-hybridized carbons (Fsp3) is 0.333. The van der Waals surface area contributed by atoms with E-state index in [2.05, 4.69) is 0 Å². The molecule has 2 aromatic carbocycles. The molecule has 160 valence electrons. The van der Waals surface area contributed by atoms with Gasteiger partial charge in [-0.05, 0) is 36.8 Å². The topological polar surface area (TPSA) is 65.1 Å². The molecule has 7 heteroatoms. The first-order valence-electron chi connectivity index (χ1n) is 10.4. The quantitative estimate of drug-likeness (QED) is 0.729. The molecule has 1 aliphatic carbocycles. The Morgan fingerprint density at radius 3 is 3.03 bits per heavy atom. The zero-order valence-electron chi connectivity index (χ0n) is 16.9. The van der Waals surface area contributed by atoms with Crippen molar-refractivity contribution in [1.82, 2.24) is 4.90 Å². The number of hydrogen-bond acceptors (Lipinski definition) is 5. The summed E-state index contributed by atoms with van der Waals surface area (Å²) < 4.78 is 17.6. The van der Waals surface area contributed by atoms with E-state index in [0.717, 1.165) is 28.2 Å². The van der Waals surface area contributed by atoms with Crippen LogP contribution >= 0.6 is 11.6 Å². The van der Waals surface area contributed by atoms with Crippen molar-refractivity contribution in [2.45, 2.75) is 18.9 Å². The van der Waals surface area contributed by atoms with Crippen molar-refractivity contribution < 1.29 is 23.8 Å². The molecule has 0 aromatic heterocycles. The number of hydrogen-bond donors (Lipinski definition) is 0. The highest BCUT2D eigenvalue weighted by Gasteiger charge is 2.29. The van der Waals surface area contributed by atoms with Crippen LogP contribution in [0.15, 0.2) is 42.0 Å². The molecule has 0 saturated carbocycles. The SMILES string of the molecule is O=C1CCc2c(OCC3CN(C(=O)C4=Cc5cc(Cl)ccc5OC4)CCO3)cccc21. The lowest BCUT2D eigenvalue weighted by Crippen LogP contribution is -2.48. The number of amides is 1.